The normalized spacial score (nSPS) is 11.1. The molecule has 0 spiro atoms. The van der Waals surface area contributed by atoms with Gasteiger partial charge in [0.2, 0.25) is 5.95 Å². The molecule has 0 amide bonds. The molecule has 0 unspecified atom stereocenters. The van der Waals surface area contributed by atoms with E-state index in [4.69, 9.17) is 10.5 Å². The molecule has 0 radical (unpaired) electrons. The van der Waals surface area contributed by atoms with Gasteiger partial charge in [0, 0.05) is 10.7 Å². The summed E-state index contributed by atoms with van der Waals surface area (Å²) in [5, 5.41) is 0. The number of anilines is 1. The SMILES string of the molecule is COCCc1ccccc1-n1c(N)nc2cc(I)ccc21. The van der Waals surface area contributed by atoms with Crippen molar-refractivity contribution in [3.63, 3.8) is 0 Å². The lowest BCUT2D eigenvalue weighted by atomic mass is 10.1. The van der Waals surface area contributed by atoms with Crippen molar-refractivity contribution in [2.24, 2.45) is 0 Å². The molecule has 0 fully saturated rings. The second-order valence-electron chi connectivity index (χ2n) is 4.81. The van der Waals surface area contributed by atoms with Crippen LogP contribution in [0.1, 0.15) is 5.56 Å². The molecule has 0 saturated carbocycles. The number of benzene rings is 2. The van der Waals surface area contributed by atoms with Crippen LogP contribution in [0.15, 0.2) is 42.5 Å². The molecule has 108 valence electrons. The van der Waals surface area contributed by atoms with Crippen LogP contribution in [-0.2, 0) is 11.2 Å². The monoisotopic (exact) mass is 393 g/mol. The first-order valence-corrected chi connectivity index (χ1v) is 7.79. The Kier molecular flexibility index (Phi) is 4.12. The summed E-state index contributed by atoms with van der Waals surface area (Å²) in [6, 6.07) is 14.4. The number of nitrogen functional groups attached to an aromatic ring is 1. The quantitative estimate of drug-likeness (QED) is 0.692. The average molecular weight is 393 g/mol. The van der Waals surface area contributed by atoms with Crippen molar-refractivity contribution in [3.8, 4) is 5.69 Å². The van der Waals surface area contributed by atoms with Crippen molar-refractivity contribution in [2.75, 3.05) is 19.5 Å². The molecular weight excluding hydrogens is 377 g/mol. The second-order valence-corrected chi connectivity index (χ2v) is 6.06. The average Bonchev–Trinajstić information content (AvgIpc) is 2.80. The minimum atomic E-state index is 0.511. The lowest BCUT2D eigenvalue weighted by Gasteiger charge is -2.12. The molecular formula is C16H16IN3O. The van der Waals surface area contributed by atoms with E-state index < -0.39 is 0 Å². The van der Waals surface area contributed by atoms with Crippen molar-refractivity contribution < 1.29 is 4.74 Å². The highest BCUT2D eigenvalue weighted by atomic mass is 127. The number of aromatic nitrogens is 2. The first-order valence-electron chi connectivity index (χ1n) is 6.71. The minimum Gasteiger partial charge on any atom is -0.384 e. The van der Waals surface area contributed by atoms with Crippen molar-refractivity contribution in [1.82, 2.24) is 9.55 Å². The number of imidazole rings is 1. The van der Waals surface area contributed by atoms with Crippen LogP contribution < -0.4 is 5.73 Å². The Hall–Kier alpha value is -1.60. The molecule has 4 nitrogen and oxygen atoms in total. The molecule has 0 aliphatic rings. The van der Waals surface area contributed by atoms with Crippen LogP contribution in [0.4, 0.5) is 5.95 Å². The number of methoxy groups -OCH3 is 1. The molecule has 0 saturated heterocycles. The number of para-hydroxylation sites is 1. The van der Waals surface area contributed by atoms with Gasteiger partial charge in [-0.2, -0.15) is 0 Å². The van der Waals surface area contributed by atoms with Gasteiger partial charge in [-0.15, -0.1) is 0 Å². The number of halogens is 1. The van der Waals surface area contributed by atoms with E-state index in [9.17, 15) is 0 Å². The number of nitrogens with two attached hydrogens (primary N) is 1. The van der Waals surface area contributed by atoms with Gasteiger partial charge >= 0.3 is 0 Å². The van der Waals surface area contributed by atoms with Crippen LogP contribution in [0, 0.1) is 3.57 Å². The summed E-state index contributed by atoms with van der Waals surface area (Å²) in [4.78, 5) is 4.48. The van der Waals surface area contributed by atoms with Crippen molar-refractivity contribution in [2.45, 2.75) is 6.42 Å². The van der Waals surface area contributed by atoms with Crippen molar-refractivity contribution >= 4 is 39.6 Å². The Labute approximate surface area is 137 Å². The molecule has 3 rings (SSSR count). The molecule has 0 aliphatic carbocycles. The molecule has 2 N–H and O–H groups in total. The van der Waals surface area contributed by atoms with Crippen LogP contribution in [0.25, 0.3) is 16.7 Å². The van der Waals surface area contributed by atoms with Gasteiger partial charge in [0.05, 0.1) is 23.3 Å². The number of rotatable bonds is 4. The van der Waals surface area contributed by atoms with E-state index in [1.807, 2.05) is 22.8 Å². The van der Waals surface area contributed by atoms with E-state index in [2.05, 4.69) is 51.8 Å². The number of ether oxygens (including phenoxy) is 1. The van der Waals surface area contributed by atoms with E-state index >= 15 is 0 Å². The van der Waals surface area contributed by atoms with Crippen LogP contribution in [0.5, 0.6) is 0 Å². The van der Waals surface area contributed by atoms with Gasteiger partial charge in [0.1, 0.15) is 0 Å². The fourth-order valence-corrected chi connectivity index (χ4v) is 2.95. The standard InChI is InChI=1S/C16H16IN3O/c1-21-9-8-11-4-2-3-5-14(11)20-15-7-6-12(17)10-13(15)19-16(20)18/h2-7,10H,8-9H2,1H3,(H2,18,19). The highest BCUT2D eigenvalue weighted by Gasteiger charge is 2.13. The number of hydrogen-bond acceptors (Lipinski definition) is 3. The number of hydrogen-bond donors (Lipinski definition) is 1. The lowest BCUT2D eigenvalue weighted by Crippen LogP contribution is -2.05. The summed E-state index contributed by atoms with van der Waals surface area (Å²) in [6.07, 6.45) is 0.843. The van der Waals surface area contributed by atoms with Gasteiger partial charge in [-0.3, -0.25) is 4.57 Å². The number of nitrogens with zero attached hydrogens (tertiary/aromatic N) is 2. The Morgan fingerprint density at radius 1 is 1.24 bits per heavy atom. The smallest absolute Gasteiger partial charge is 0.205 e. The molecule has 0 atom stereocenters. The Balaban J connectivity index is 2.18. The minimum absolute atomic E-state index is 0.511. The van der Waals surface area contributed by atoms with Crippen LogP contribution in [-0.4, -0.2) is 23.3 Å². The van der Waals surface area contributed by atoms with E-state index in [1.54, 1.807) is 7.11 Å². The van der Waals surface area contributed by atoms with Crippen molar-refractivity contribution in [3.05, 3.63) is 51.6 Å². The first-order chi connectivity index (χ1) is 10.2. The highest BCUT2D eigenvalue weighted by molar-refractivity contribution is 14.1. The zero-order chi connectivity index (χ0) is 14.8. The van der Waals surface area contributed by atoms with Gasteiger partial charge in [0.25, 0.3) is 0 Å². The van der Waals surface area contributed by atoms with Crippen LogP contribution in [0.2, 0.25) is 0 Å². The Morgan fingerprint density at radius 3 is 2.86 bits per heavy atom. The van der Waals surface area contributed by atoms with Gasteiger partial charge in [0.15, 0.2) is 0 Å². The molecule has 5 heteroatoms. The Bertz CT molecular complexity index is 782. The fourth-order valence-electron chi connectivity index (χ4n) is 2.48. The third-order valence-electron chi connectivity index (χ3n) is 3.45. The molecule has 21 heavy (non-hydrogen) atoms. The topological polar surface area (TPSA) is 53.1 Å². The van der Waals surface area contributed by atoms with E-state index in [-0.39, 0.29) is 0 Å². The first kappa shape index (κ1) is 14.3. The van der Waals surface area contributed by atoms with Crippen LogP contribution in [0.3, 0.4) is 0 Å². The van der Waals surface area contributed by atoms with E-state index in [1.165, 1.54) is 5.56 Å². The highest BCUT2D eigenvalue weighted by Crippen LogP contribution is 2.26. The van der Waals surface area contributed by atoms with Crippen LogP contribution >= 0.6 is 22.6 Å². The maximum absolute atomic E-state index is 6.15. The maximum Gasteiger partial charge on any atom is 0.205 e. The fraction of sp³-hybridized carbons (Fsp3) is 0.188. The van der Waals surface area contributed by atoms with Crippen molar-refractivity contribution in [1.29, 1.82) is 0 Å². The number of fused-ring (bicyclic) bond motifs is 1. The molecule has 1 heterocycles. The van der Waals surface area contributed by atoms with Gasteiger partial charge in [-0.25, -0.2) is 4.98 Å². The van der Waals surface area contributed by atoms with Gasteiger partial charge in [-0.05, 0) is 58.8 Å². The van der Waals surface area contributed by atoms with E-state index in [0.717, 1.165) is 26.7 Å². The molecule has 0 bridgehead atoms. The Morgan fingerprint density at radius 2 is 2.05 bits per heavy atom. The third kappa shape index (κ3) is 2.75. The summed E-state index contributed by atoms with van der Waals surface area (Å²) in [6.45, 7) is 0.682. The van der Waals surface area contributed by atoms with Gasteiger partial charge in [-0.1, -0.05) is 18.2 Å². The molecule has 1 aromatic heterocycles. The lowest BCUT2D eigenvalue weighted by molar-refractivity contribution is 0.202. The summed E-state index contributed by atoms with van der Waals surface area (Å²) < 4.78 is 8.36. The zero-order valence-electron chi connectivity index (χ0n) is 11.7. The summed E-state index contributed by atoms with van der Waals surface area (Å²) in [5.41, 5.74) is 10.4. The summed E-state index contributed by atoms with van der Waals surface area (Å²) in [7, 11) is 1.71. The van der Waals surface area contributed by atoms with E-state index in [0.29, 0.717) is 12.6 Å². The molecule has 0 aliphatic heterocycles. The second kappa shape index (κ2) is 6.03. The molecule has 3 aromatic rings. The van der Waals surface area contributed by atoms with Gasteiger partial charge < -0.3 is 10.5 Å². The zero-order valence-corrected chi connectivity index (χ0v) is 13.9. The summed E-state index contributed by atoms with van der Waals surface area (Å²) in [5.74, 6) is 0.511. The third-order valence-corrected chi connectivity index (χ3v) is 4.12. The molecule has 2 aromatic carbocycles. The predicted molar refractivity (Wildman–Crippen MR) is 93.8 cm³/mol. The summed E-state index contributed by atoms with van der Waals surface area (Å²) >= 11 is 2.28. The predicted octanol–water partition coefficient (Wildman–Crippen LogP) is 3.40. The maximum atomic E-state index is 6.15. The largest absolute Gasteiger partial charge is 0.384 e.